The molecule has 0 aromatic heterocycles. The van der Waals surface area contributed by atoms with Gasteiger partial charge in [0.15, 0.2) is 0 Å². The molecule has 0 amide bonds. The lowest BCUT2D eigenvalue weighted by atomic mass is 9.96. The minimum atomic E-state index is -4.75. The van der Waals surface area contributed by atoms with Crippen molar-refractivity contribution in [2.45, 2.75) is 26.1 Å². The molecule has 0 N–H and O–H groups in total. The fourth-order valence-corrected chi connectivity index (χ4v) is 2.75. The van der Waals surface area contributed by atoms with E-state index in [-0.39, 0.29) is 18.0 Å². The van der Waals surface area contributed by atoms with Crippen LogP contribution < -0.4 is 0 Å². The third-order valence-electron chi connectivity index (χ3n) is 4.02. The summed E-state index contributed by atoms with van der Waals surface area (Å²) in [6.07, 6.45) is -2.35. The van der Waals surface area contributed by atoms with Crippen molar-refractivity contribution in [3.63, 3.8) is 0 Å². The van der Waals surface area contributed by atoms with Crippen molar-refractivity contribution in [2.75, 3.05) is 6.54 Å². The van der Waals surface area contributed by atoms with Crippen LogP contribution in [0, 0.1) is 11.7 Å². The zero-order chi connectivity index (χ0) is 18.4. The van der Waals surface area contributed by atoms with Crippen LogP contribution in [0.3, 0.4) is 0 Å². The molecule has 1 aromatic rings. The number of carbonyl (C=O) groups excluding carboxylic acids is 1. The zero-order valence-corrected chi connectivity index (χ0v) is 13.5. The van der Waals surface area contributed by atoms with Gasteiger partial charge < -0.3 is 4.79 Å². The molecule has 2 aliphatic rings. The van der Waals surface area contributed by atoms with Gasteiger partial charge in [-0.25, -0.2) is 9.40 Å². The summed E-state index contributed by atoms with van der Waals surface area (Å²) in [4.78, 5) is 15.3. The average molecular weight is 353 g/mol. The second kappa shape index (κ2) is 6.09. The van der Waals surface area contributed by atoms with Crippen LogP contribution in [0.2, 0.25) is 0 Å². The van der Waals surface area contributed by atoms with Crippen molar-refractivity contribution >= 4 is 17.8 Å². The molecule has 0 saturated carbocycles. The Balaban J connectivity index is 2.02. The van der Waals surface area contributed by atoms with Gasteiger partial charge in [0.1, 0.15) is 24.0 Å². The second-order valence-electron chi connectivity index (χ2n) is 6.17. The van der Waals surface area contributed by atoms with Gasteiger partial charge in [-0.15, -0.1) is 0 Å². The van der Waals surface area contributed by atoms with Gasteiger partial charge in [-0.2, -0.15) is 18.3 Å². The van der Waals surface area contributed by atoms with Gasteiger partial charge in [0.2, 0.25) is 0 Å². The molecule has 0 radical (unpaired) electrons. The van der Waals surface area contributed by atoms with Crippen molar-refractivity contribution in [3.05, 3.63) is 46.8 Å². The van der Waals surface area contributed by atoms with Crippen LogP contribution >= 0.6 is 0 Å². The van der Waals surface area contributed by atoms with E-state index in [4.69, 9.17) is 0 Å². The molecule has 1 aromatic carbocycles. The molecule has 1 atom stereocenters. The molecular weight excluding hydrogens is 338 g/mol. The minimum absolute atomic E-state index is 0.0523. The van der Waals surface area contributed by atoms with Gasteiger partial charge >= 0.3 is 6.18 Å². The number of nitrogens with zero attached hydrogens (tertiary/aromatic N) is 3. The monoisotopic (exact) mass is 353 g/mol. The lowest BCUT2D eigenvalue weighted by Crippen LogP contribution is -2.32. The van der Waals surface area contributed by atoms with E-state index >= 15 is 0 Å². The van der Waals surface area contributed by atoms with E-state index in [0.29, 0.717) is 17.6 Å². The largest absolute Gasteiger partial charge is 0.419 e. The van der Waals surface area contributed by atoms with Gasteiger partial charge in [-0.05, 0) is 24.1 Å². The molecule has 1 unspecified atom stereocenters. The molecule has 0 saturated heterocycles. The first-order valence-electron chi connectivity index (χ1n) is 7.69. The van der Waals surface area contributed by atoms with E-state index in [2.05, 4.69) is 10.1 Å². The summed E-state index contributed by atoms with van der Waals surface area (Å²) in [5, 5.41) is 5.85. The van der Waals surface area contributed by atoms with Crippen LogP contribution in [0.5, 0.6) is 0 Å². The fourth-order valence-electron chi connectivity index (χ4n) is 2.75. The highest BCUT2D eigenvalue weighted by Crippen LogP contribution is 2.32. The third kappa shape index (κ3) is 3.20. The Bertz CT molecular complexity index is 809. The quantitative estimate of drug-likeness (QED) is 0.617. The van der Waals surface area contributed by atoms with Crippen LogP contribution in [0.15, 0.2) is 39.9 Å². The summed E-state index contributed by atoms with van der Waals surface area (Å²) in [6.45, 7) is 4.11. The van der Waals surface area contributed by atoms with Gasteiger partial charge in [0, 0.05) is 11.1 Å². The Kier molecular flexibility index (Phi) is 4.22. The van der Waals surface area contributed by atoms with Crippen molar-refractivity contribution in [2.24, 2.45) is 16.0 Å². The van der Waals surface area contributed by atoms with E-state index in [0.717, 1.165) is 17.9 Å². The SMILES string of the molecule is CC(C)C1=CC(c2ccc(C(F)(F)F)c(F)c2)=NN2CC(C=O)N=C12. The molecule has 8 heteroatoms. The Labute approximate surface area is 141 Å². The number of benzene rings is 1. The molecule has 3 rings (SSSR count). The summed E-state index contributed by atoms with van der Waals surface area (Å²) < 4.78 is 52.0. The Morgan fingerprint density at radius 3 is 2.60 bits per heavy atom. The summed E-state index contributed by atoms with van der Waals surface area (Å²) >= 11 is 0. The number of allylic oxidation sites excluding steroid dienone is 1. The van der Waals surface area contributed by atoms with Gasteiger partial charge in [-0.1, -0.05) is 19.9 Å². The van der Waals surface area contributed by atoms with Gasteiger partial charge in [0.05, 0.1) is 17.8 Å². The normalized spacial score (nSPS) is 20.2. The Morgan fingerprint density at radius 2 is 2.04 bits per heavy atom. The number of carbonyl (C=O) groups is 1. The molecule has 2 aliphatic heterocycles. The molecule has 0 aliphatic carbocycles. The summed E-state index contributed by atoms with van der Waals surface area (Å²) in [5.41, 5.74) is 0.0545. The van der Waals surface area contributed by atoms with Crippen LogP contribution in [-0.2, 0) is 11.0 Å². The number of aliphatic imine (C=N–C) groups is 1. The number of rotatable bonds is 3. The Hall–Kier alpha value is -2.51. The van der Waals surface area contributed by atoms with Crippen LogP contribution in [0.25, 0.3) is 0 Å². The predicted molar refractivity (Wildman–Crippen MR) is 84.9 cm³/mol. The first kappa shape index (κ1) is 17.3. The second-order valence-corrected chi connectivity index (χ2v) is 6.17. The molecule has 0 spiro atoms. The lowest BCUT2D eigenvalue weighted by Gasteiger charge is -2.25. The van der Waals surface area contributed by atoms with Crippen LogP contribution in [0.1, 0.15) is 25.0 Å². The van der Waals surface area contributed by atoms with Crippen molar-refractivity contribution in [1.29, 1.82) is 0 Å². The highest BCUT2D eigenvalue weighted by atomic mass is 19.4. The topological polar surface area (TPSA) is 45.0 Å². The van der Waals surface area contributed by atoms with Crippen LogP contribution in [-0.4, -0.2) is 35.4 Å². The maximum atomic E-state index is 13.9. The standard InChI is InChI=1S/C17H15F4N3O/c1-9(2)12-6-15(23-24-7-11(8-25)22-16(12)24)10-3-4-13(14(18)5-10)17(19,20)21/h3-6,8-9,11H,7H2,1-2H3. The number of hydrogen-bond acceptors (Lipinski definition) is 4. The highest BCUT2D eigenvalue weighted by molar-refractivity contribution is 6.17. The van der Waals surface area contributed by atoms with E-state index in [9.17, 15) is 22.4 Å². The number of halogens is 4. The molecule has 132 valence electrons. The van der Waals surface area contributed by atoms with Crippen LogP contribution in [0.4, 0.5) is 17.6 Å². The Morgan fingerprint density at radius 1 is 1.32 bits per heavy atom. The molecular formula is C17H15F4N3O. The molecule has 0 fully saturated rings. The van der Waals surface area contributed by atoms with E-state index < -0.39 is 23.6 Å². The van der Waals surface area contributed by atoms with Crippen molar-refractivity contribution in [1.82, 2.24) is 5.01 Å². The fraction of sp³-hybridized carbons (Fsp3) is 0.353. The van der Waals surface area contributed by atoms with Gasteiger partial charge in [-0.3, -0.25) is 4.99 Å². The number of fused-ring (bicyclic) bond motifs is 1. The average Bonchev–Trinajstić information content (AvgIpc) is 2.95. The number of hydrogen-bond donors (Lipinski definition) is 0. The van der Waals surface area contributed by atoms with Gasteiger partial charge in [0.25, 0.3) is 0 Å². The number of amidine groups is 1. The predicted octanol–water partition coefficient (Wildman–Crippen LogP) is 3.43. The van der Waals surface area contributed by atoms with E-state index in [1.807, 2.05) is 13.8 Å². The maximum absolute atomic E-state index is 13.9. The molecule has 2 heterocycles. The molecule has 4 nitrogen and oxygen atoms in total. The van der Waals surface area contributed by atoms with E-state index in [1.165, 1.54) is 6.07 Å². The lowest BCUT2D eigenvalue weighted by molar-refractivity contribution is -0.140. The van der Waals surface area contributed by atoms with Crippen molar-refractivity contribution in [3.8, 4) is 0 Å². The first-order valence-corrected chi connectivity index (χ1v) is 7.69. The smallest absolute Gasteiger partial charge is 0.301 e. The third-order valence-corrected chi connectivity index (χ3v) is 4.02. The molecule has 0 bridgehead atoms. The molecule has 25 heavy (non-hydrogen) atoms. The number of alkyl halides is 3. The first-order chi connectivity index (χ1) is 11.7. The summed E-state index contributed by atoms with van der Waals surface area (Å²) in [5.74, 6) is -0.724. The number of aldehydes is 1. The van der Waals surface area contributed by atoms with Crippen molar-refractivity contribution < 1.29 is 22.4 Å². The minimum Gasteiger partial charge on any atom is -0.301 e. The maximum Gasteiger partial charge on any atom is 0.419 e. The van der Waals surface area contributed by atoms with E-state index in [1.54, 1.807) is 11.1 Å². The summed E-state index contributed by atoms with van der Waals surface area (Å²) in [7, 11) is 0. The number of hydrazone groups is 1. The zero-order valence-electron chi connectivity index (χ0n) is 13.5. The summed E-state index contributed by atoms with van der Waals surface area (Å²) in [6, 6.07) is 2.18. The highest BCUT2D eigenvalue weighted by Gasteiger charge is 2.35.